The van der Waals surface area contributed by atoms with Crippen LogP contribution in [0, 0.1) is 11.8 Å². The third kappa shape index (κ3) is 3.44. The summed E-state index contributed by atoms with van der Waals surface area (Å²) in [6.45, 7) is 5.61. The summed E-state index contributed by atoms with van der Waals surface area (Å²) in [5, 5.41) is 0. The van der Waals surface area contributed by atoms with Crippen molar-refractivity contribution < 1.29 is 0 Å². The van der Waals surface area contributed by atoms with Gasteiger partial charge in [0.15, 0.2) is 5.95 Å². The predicted octanol–water partition coefficient (Wildman–Crippen LogP) is 0.657. The van der Waals surface area contributed by atoms with Crippen LogP contribution < -0.4 is 17.2 Å². The van der Waals surface area contributed by atoms with E-state index in [2.05, 4.69) is 23.8 Å². The highest BCUT2D eigenvalue weighted by Crippen LogP contribution is 2.28. The molecule has 1 heterocycles. The second-order valence-corrected chi connectivity index (χ2v) is 4.65. The number of H-pyrrole nitrogens is 1. The lowest BCUT2D eigenvalue weighted by Gasteiger charge is -2.28. The van der Waals surface area contributed by atoms with Crippen molar-refractivity contribution in [3.8, 4) is 0 Å². The van der Waals surface area contributed by atoms with Crippen molar-refractivity contribution in [2.24, 2.45) is 23.3 Å². The minimum atomic E-state index is 0.454. The quantitative estimate of drug-likeness (QED) is 0.608. The van der Waals surface area contributed by atoms with Crippen LogP contribution >= 0.6 is 0 Å². The number of nitrogen functional groups attached to an aromatic ring is 1. The maximum Gasteiger partial charge on any atom is 0.197 e. The van der Waals surface area contributed by atoms with Crippen molar-refractivity contribution in [3.05, 3.63) is 11.4 Å². The van der Waals surface area contributed by atoms with E-state index in [-0.39, 0.29) is 0 Å². The molecule has 2 unspecified atom stereocenters. The standard InChI is InChI=1S/C9H17N5.C3H8/c10-3-5-1-7-8(2-6(5)4-11)14-9(12)13-7;1-3-2/h5-6H,1-4,10-11H2,(H3,12,13,14);3H2,1-2H3. The van der Waals surface area contributed by atoms with Gasteiger partial charge in [-0.2, -0.15) is 0 Å². The lowest BCUT2D eigenvalue weighted by Crippen LogP contribution is -2.35. The van der Waals surface area contributed by atoms with E-state index in [0.717, 1.165) is 24.2 Å². The zero-order valence-corrected chi connectivity index (χ0v) is 10.9. The average Bonchev–Trinajstić information content (AvgIpc) is 2.67. The zero-order chi connectivity index (χ0) is 12.8. The molecule has 17 heavy (non-hydrogen) atoms. The van der Waals surface area contributed by atoms with E-state index in [9.17, 15) is 0 Å². The first-order valence-electron chi connectivity index (χ1n) is 6.39. The molecule has 0 fully saturated rings. The number of nitrogens with two attached hydrogens (primary N) is 3. The second kappa shape index (κ2) is 6.61. The summed E-state index contributed by atoms with van der Waals surface area (Å²) in [6.07, 6.45) is 3.08. The summed E-state index contributed by atoms with van der Waals surface area (Å²) in [4.78, 5) is 7.32. The molecule has 1 aliphatic carbocycles. The van der Waals surface area contributed by atoms with E-state index in [0.29, 0.717) is 30.9 Å². The van der Waals surface area contributed by atoms with Crippen LogP contribution in [0.3, 0.4) is 0 Å². The van der Waals surface area contributed by atoms with Crippen LogP contribution in [-0.2, 0) is 12.8 Å². The van der Waals surface area contributed by atoms with Crippen molar-refractivity contribution >= 4 is 5.95 Å². The molecule has 0 saturated carbocycles. The average molecular weight is 239 g/mol. The lowest BCUT2D eigenvalue weighted by molar-refractivity contribution is 0.318. The van der Waals surface area contributed by atoms with Crippen LogP contribution in [0.2, 0.25) is 0 Å². The third-order valence-electron chi connectivity index (χ3n) is 3.08. The van der Waals surface area contributed by atoms with Crippen molar-refractivity contribution in [2.45, 2.75) is 33.1 Å². The van der Waals surface area contributed by atoms with Crippen molar-refractivity contribution in [1.29, 1.82) is 0 Å². The van der Waals surface area contributed by atoms with Crippen molar-refractivity contribution in [1.82, 2.24) is 9.97 Å². The topological polar surface area (TPSA) is 107 Å². The third-order valence-corrected chi connectivity index (χ3v) is 3.08. The molecule has 1 aliphatic rings. The molecule has 2 rings (SSSR count). The number of anilines is 1. The van der Waals surface area contributed by atoms with Gasteiger partial charge in [-0.3, -0.25) is 0 Å². The highest BCUT2D eigenvalue weighted by atomic mass is 15.0. The number of imidazole rings is 1. The summed E-state index contributed by atoms with van der Waals surface area (Å²) in [5.41, 5.74) is 19.2. The molecule has 0 amide bonds. The van der Waals surface area contributed by atoms with Gasteiger partial charge in [0.1, 0.15) is 0 Å². The van der Waals surface area contributed by atoms with Gasteiger partial charge in [-0.25, -0.2) is 4.98 Å². The summed E-state index contributed by atoms with van der Waals surface area (Å²) in [7, 11) is 0. The molecule has 7 N–H and O–H groups in total. The smallest absolute Gasteiger partial charge is 0.197 e. The largest absolute Gasteiger partial charge is 0.369 e. The van der Waals surface area contributed by atoms with Gasteiger partial charge in [0.05, 0.1) is 5.69 Å². The number of nitrogens with zero attached hydrogens (tertiary/aromatic N) is 1. The molecular weight excluding hydrogens is 214 g/mol. The maximum absolute atomic E-state index is 5.71. The molecule has 0 spiro atoms. The molecule has 0 aliphatic heterocycles. The number of aromatic amines is 1. The van der Waals surface area contributed by atoms with Crippen LogP contribution in [0.4, 0.5) is 5.95 Å². The van der Waals surface area contributed by atoms with Gasteiger partial charge in [-0.05, 0) is 37.8 Å². The Morgan fingerprint density at radius 1 is 1.18 bits per heavy atom. The molecule has 0 bridgehead atoms. The number of rotatable bonds is 2. The van der Waals surface area contributed by atoms with E-state index >= 15 is 0 Å². The Morgan fingerprint density at radius 3 is 2.24 bits per heavy atom. The number of nitrogens with one attached hydrogen (secondary N) is 1. The Kier molecular flexibility index (Phi) is 5.44. The van der Waals surface area contributed by atoms with E-state index in [1.54, 1.807) is 0 Å². The Bertz CT molecular complexity index is 304. The van der Waals surface area contributed by atoms with Crippen molar-refractivity contribution in [2.75, 3.05) is 18.8 Å². The van der Waals surface area contributed by atoms with Gasteiger partial charge in [-0.15, -0.1) is 0 Å². The van der Waals surface area contributed by atoms with Crippen LogP contribution in [0.25, 0.3) is 0 Å². The fraction of sp³-hybridized carbons (Fsp3) is 0.750. The van der Waals surface area contributed by atoms with Crippen LogP contribution in [-0.4, -0.2) is 23.1 Å². The minimum absolute atomic E-state index is 0.454. The first-order chi connectivity index (χ1) is 8.15. The molecule has 5 heteroatoms. The summed E-state index contributed by atoms with van der Waals surface area (Å²) in [6, 6.07) is 0. The molecule has 98 valence electrons. The first-order valence-corrected chi connectivity index (χ1v) is 6.39. The summed E-state index contributed by atoms with van der Waals surface area (Å²) < 4.78 is 0. The normalized spacial score (nSPS) is 22.6. The van der Waals surface area contributed by atoms with Gasteiger partial charge < -0.3 is 22.2 Å². The Labute approximate surface area is 103 Å². The zero-order valence-electron chi connectivity index (χ0n) is 10.9. The maximum atomic E-state index is 5.71. The number of aromatic nitrogens is 2. The van der Waals surface area contributed by atoms with Gasteiger partial charge in [0.25, 0.3) is 0 Å². The highest BCUT2D eigenvalue weighted by Gasteiger charge is 2.28. The van der Waals surface area contributed by atoms with Gasteiger partial charge in [-0.1, -0.05) is 20.3 Å². The summed E-state index contributed by atoms with van der Waals surface area (Å²) >= 11 is 0. The van der Waals surface area contributed by atoms with Gasteiger partial charge in [0.2, 0.25) is 0 Å². The molecule has 1 aromatic rings. The van der Waals surface area contributed by atoms with E-state index in [4.69, 9.17) is 17.2 Å². The Hall–Kier alpha value is -1.07. The summed E-state index contributed by atoms with van der Waals surface area (Å²) in [5.74, 6) is 1.42. The van der Waals surface area contributed by atoms with Gasteiger partial charge >= 0.3 is 0 Å². The fourth-order valence-corrected chi connectivity index (χ4v) is 2.20. The Balaban J connectivity index is 0.000000437. The molecule has 0 aromatic carbocycles. The van der Waals surface area contributed by atoms with Crippen LogP contribution in [0.5, 0.6) is 0 Å². The molecular formula is C12H25N5. The fourth-order valence-electron chi connectivity index (χ4n) is 2.20. The second-order valence-electron chi connectivity index (χ2n) is 4.65. The van der Waals surface area contributed by atoms with Crippen molar-refractivity contribution in [3.63, 3.8) is 0 Å². The monoisotopic (exact) mass is 239 g/mol. The molecule has 0 radical (unpaired) electrons. The number of hydrogen-bond acceptors (Lipinski definition) is 4. The van der Waals surface area contributed by atoms with Gasteiger partial charge in [0, 0.05) is 5.69 Å². The van der Waals surface area contributed by atoms with E-state index in [1.165, 1.54) is 6.42 Å². The predicted molar refractivity (Wildman–Crippen MR) is 71.5 cm³/mol. The molecule has 1 aromatic heterocycles. The first kappa shape index (κ1) is 14.0. The number of hydrogen-bond donors (Lipinski definition) is 4. The molecule has 2 atom stereocenters. The van der Waals surface area contributed by atoms with Crippen LogP contribution in [0.1, 0.15) is 31.7 Å². The lowest BCUT2D eigenvalue weighted by atomic mass is 9.80. The highest BCUT2D eigenvalue weighted by molar-refractivity contribution is 5.28. The van der Waals surface area contributed by atoms with E-state index in [1.807, 2.05) is 0 Å². The SMILES string of the molecule is CCC.NCC1Cc2nc(N)[nH]c2CC1CN. The molecule has 0 saturated heterocycles. The van der Waals surface area contributed by atoms with E-state index < -0.39 is 0 Å². The minimum Gasteiger partial charge on any atom is -0.369 e. The van der Waals surface area contributed by atoms with Crippen LogP contribution in [0.15, 0.2) is 0 Å². The molecule has 5 nitrogen and oxygen atoms in total. The Morgan fingerprint density at radius 2 is 1.71 bits per heavy atom. The number of fused-ring (bicyclic) bond motifs is 1.